The first-order valence-corrected chi connectivity index (χ1v) is 13.2. The van der Waals surface area contributed by atoms with Crippen molar-refractivity contribution < 1.29 is 18.1 Å². The van der Waals surface area contributed by atoms with E-state index in [2.05, 4.69) is 42.6 Å². The van der Waals surface area contributed by atoms with Crippen molar-refractivity contribution in [3.05, 3.63) is 93.2 Å². The number of benzene rings is 2. The Labute approximate surface area is 207 Å². The van der Waals surface area contributed by atoms with Crippen molar-refractivity contribution in [3.8, 4) is 5.75 Å². The van der Waals surface area contributed by atoms with Gasteiger partial charge in [-0.3, -0.25) is 14.3 Å². The molecule has 34 heavy (non-hydrogen) atoms. The molecule has 0 aliphatic carbocycles. The molecular formula is C24H22FN3O4SSe. The van der Waals surface area contributed by atoms with Crippen molar-refractivity contribution in [1.82, 2.24) is 9.58 Å². The first-order valence-electron chi connectivity index (χ1n) is 10.8. The number of fused-ring (bicyclic) bond motifs is 4. The van der Waals surface area contributed by atoms with E-state index >= 15 is 0 Å². The smallest absolute Gasteiger partial charge is 0.278 e. The van der Waals surface area contributed by atoms with Gasteiger partial charge in [0.1, 0.15) is 6.17 Å². The Kier molecular flexibility index (Phi) is 6.65. The molecule has 1 unspecified atom stereocenters. The van der Waals surface area contributed by atoms with Crippen LogP contribution in [0.15, 0.2) is 59.5 Å². The molecule has 1 aromatic heterocycles. The third-order valence-corrected chi connectivity index (χ3v) is 8.56. The van der Waals surface area contributed by atoms with Crippen molar-refractivity contribution in [3.63, 3.8) is 0 Å². The minimum Gasteiger partial charge on any atom is -0.422 e. The number of nitrogens with zero attached hydrogens (tertiary/aromatic N) is 2. The molecule has 7 nitrogen and oxygen atoms in total. The number of carbonyl (C=O) groups excluding carboxylic acids is 1. The van der Waals surface area contributed by atoms with Crippen molar-refractivity contribution in [2.45, 2.75) is 17.9 Å². The fourth-order valence-corrected chi connectivity index (χ4v) is 6.69. The molecule has 0 spiro atoms. The molecule has 0 bridgehead atoms. The van der Waals surface area contributed by atoms with Gasteiger partial charge in [0.15, 0.2) is 5.69 Å². The molecule has 10 heteroatoms. The maximum absolute atomic E-state index is 13.2. The molecule has 0 saturated carbocycles. The Morgan fingerprint density at radius 3 is 2.82 bits per heavy atom. The summed E-state index contributed by atoms with van der Waals surface area (Å²) in [4.78, 5) is 25.6. The Morgan fingerprint density at radius 1 is 1.12 bits per heavy atom. The van der Waals surface area contributed by atoms with Gasteiger partial charge in [0.25, 0.3) is 5.91 Å². The summed E-state index contributed by atoms with van der Waals surface area (Å²) < 4.78 is 26.2. The van der Waals surface area contributed by atoms with E-state index in [0.29, 0.717) is 34.7 Å². The number of ether oxygens (including phenoxy) is 1. The van der Waals surface area contributed by atoms with Crippen LogP contribution in [0.5, 0.6) is 5.75 Å². The van der Waals surface area contributed by atoms with Gasteiger partial charge >= 0.3 is 101 Å². The fraction of sp³-hybridized carbons (Fsp3) is 0.250. The van der Waals surface area contributed by atoms with E-state index < -0.39 is 0 Å². The summed E-state index contributed by atoms with van der Waals surface area (Å²) in [7, 11) is 0. The first kappa shape index (κ1) is 23.0. The third kappa shape index (κ3) is 4.46. The Balaban J connectivity index is 0.000000142. The van der Waals surface area contributed by atoms with Gasteiger partial charge in [-0.25, -0.2) is 0 Å². The van der Waals surface area contributed by atoms with E-state index in [0.717, 1.165) is 17.3 Å². The van der Waals surface area contributed by atoms with Crippen LogP contribution < -0.4 is 19.5 Å². The van der Waals surface area contributed by atoms with Crippen molar-refractivity contribution in [2.75, 3.05) is 25.2 Å². The molecular weight excluding hydrogens is 524 g/mol. The van der Waals surface area contributed by atoms with Gasteiger partial charge in [0.2, 0.25) is 11.2 Å². The number of carbonyl (C=O) groups is 1. The molecule has 1 amide bonds. The van der Waals surface area contributed by atoms with E-state index in [9.17, 15) is 14.0 Å². The van der Waals surface area contributed by atoms with Gasteiger partial charge in [-0.15, -0.1) is 0 Å². The number of nitrogens with one attached hydrogen (secondary N) is 1. The third-order valence-electron chi connectivity index (χ3n) is 5.93. The standard InChI is InChI=1S/C14H11FSe.C10H11N3O4S/c15-13-6-5-11-9-16-14-4-2-1-3-10(14)7-12(11)8-13;14-6-1-2-13-8(9(6)17-18)10(15)12-3-4-16-5-7(12)11-13/h1-6,8H,7,9H2;1-2,7,11,18H,3-5H2. The zero-order chi connectivity index (χ0) is 23.7. The monoisotopic (exact) mass is 547 g/mol. The summed E-state index contributed by atoms with van der Waals surface area (Å²) in [5.74, 6) is -0.447. The minimum atomic E-state index is -0.377. The van der Waals surface area contributed by atoms with E-state index in [1.54, 1.807) is 17.0 Å². The van der Waals surface area contributed by atoms with Crippen LogP contribution in [0.3, 0.4) is 0 Å². The predicted octanol–water partition coefficient (Wildman–Crippen LogP) is 1.69. The molecule has 4 heterocycles. The van der Waals surface area contributed by atoms with Crippen LogP contribution >= 0.6 is 12.9 Å². The number of pyridine rings is 1. The van der Waals surface area contributed by atoms with Gasteiger partial charge in [-0.05, 0) is 0 Å². The van der Waals surface area contributed by atoms with Gasteiger partial charge in [0.05, 0.1) is 13.2 Å². The number of hydrogen-bond acceptors (Lipinski definition) is 6. The molecule has 3 aliphatic heterocycles. The number of rotatable bonds is 1. The van der Waals surface area contributed by atoms with E-state index in [1.165, 1.54) is 32.5 Å². The molecule has 3 aromatic rings. The van der Waals surface area contributed by atoms with Crippen LogP contribution in [0, 0.1) is 5.82 Å². The second-order valence-electron chi connectivity index (χ2n) is 8.02. The largest absolute Gasteiger partial charge is 0.422 e. The minimum absolute atomic E-state index is 0.0664. The SMILES string of the molecule is Fc1ccc2c(c1)Cc1ccccc1[Se]C2.O=C1c2c(OS)c(=O)ccn2NC2COCCN12. The molecule has 6 rings (SSSR count). The van der Waals surface area contributed by atoms with Crippen molar-refractivity contribution in [2.24, 2.45) is 0 Å². The number of aromatic nitrogens is 1. The predicted molar refractivity (Wildman–Crippen MR) is 130 cm³/mol. The quantitative estimate of drug-likeness (QED) is 0.276. The molecule has 176 valence electrons. The summed E-state index contributed by atoms with van der Waals surface area (Å²) in [5.41, 5.74) is 6.70. The molecule has 1 fully saturated rings. The number of hydrogen-bond donors (Lipinski definition) is 2. The van der Waals surface area contributed by atoms with E-state index in [1.807, 2.05) is 6.07 Å². The molecule has 3 aliphatic rings. The average Bonchev–Trinajstić information content (AvgIpc) is 3.04. The average molecular weight is 546 g/mol. The van der Waals surface area contributed by atoms with Gasteiger partial charge < -0.3 is 19.2 Å². The summed E-state index contributed by atoms with van der Waals surface area (Å²) in [5, 5.41) is 1.08. The summed E-state index contributed by atoms with van der Waals surface area (Å²) in [6.45, 7) is 1.37. The molecule has 1 N–H and O–H groups in total. The number of halogens is 1. The molecule has 1 atom stereocenters. The second kappa shape index (κ2) is 9.83. The maximum Gasteiger partial charge on any atom is 0.278 e. The van der Waals surface area contributed by atoms with Crippen LogP contribution in [0.1, 0.15) is 27.2 Å². The summed E-state index contributed by atoms with van der Waals surface area (Å²) in [6.07, 6.45) is 2.15. The summed E-state index contributed by atoms with van der Waals surface area (Å²) in [6, 6.07) is 15.1. The Morgan fingerprint density at radius 2 is 1.97 bits per heavy atom. The first-order chi connectivity index (χ1) is 16.5. The van der Waals surface area contributed by atoms with Gasteiger partial charge in [-0.1, -0.05) is 0 Å². The zero-order valence-electron chi connectivity index (χ0n) is 18.1. The van der Waals surface area contributed by atoms with Gasteiger partial charge in [0, 0.05) is 31.7 Å². The van der Waals surface area contributed by atoms with Crippen LogP contribution in [-0.4, -0.2) is 56.4 Å². The Hall–Kier alpha value is -2.78. The summed E-state index contributed by atoms with van der Waals surface area (Å²) >= 11 is 4.12. The van der Waals surface area contributed by atoms with E-state index in [-0.39, 0.29) is 34.8 Å². The topological polar surface area (TPSA) is 72.8 Å². The maximum atomic E-state index is 13.2. The van der Waals surface area contributed by atoms with Crippen LogP contribution in [-0.2, 0) is 16.5 Å². The van der Waals surface area contributed by atoms with Crippen molar-refractivity contribution >= 4 is 38.2 Å². The molecule has 1 saturated heterocycles. The van der Waals surface area contributed by atoms with E-state index in [4.69, 9.17) is 8.92 Å². The zero-order valence-corrected chi connectivity index (χ0v) is 20.7. The Bertz CT molecular complexity index is 1300. The van der Waals surface area contributed by atoms with Crippen LogP contribution in [0.25, 0.3) is 0 Å². The number of amides is 1. The normalized spacial score (nSPS) is 18.1. The van der Waals surface area contributed by atoms with Crippen LogP contribution in [0.4, 0.5) is 4.39 Å². The second-order valence-corrected chi connectivity index (χ2v) is 10.3. The van der Waals surface area contributed by atoms with Crippen molar-refractivity contribution in [1.29, 1.82) is 0 Å². The fourth-order valence-electron chi connectivity index (χ4n) is 4.22. The molecule has 2 aromatic carbocycles. The molecule has 0 radical (unpaired) electrons. The van der Waals surface area contributed by atoms with Crippen LogP contribution in [0.2, 0.25) is 0 Å². The van der Waals surface area contributed by atoms with Gasteiger partial charge in [-0.2, -0.15) is 0 Å². The number of thiol groups is 1. The number of morpholine rings is 1.